The second-order valence-electron chi connectivity index (χ2n) is 6.55. The molecule has 1 amide bonds. The van der Waals surface area contributed by atoms with Gasteiger partial charge in [0.15, 0.2) is 0 Å². The number of thiophene rings is 1. The van der Waals surface area contributed by atoms with Gasteiger partial charge in [0.2, 0.25) is 10.0 Å². The summed E-state index contributed by atoms with van der Waals surface area (Å²) in [7, 11) is -3.66. The van der Waals surface area contributed by atoms with E-state index in [2.05, 4.69) is 6.58 Å². The molecular formula is C20H24N2O4S2. The lowest BCUT2D eigenvalue weighted by Gasteiger charge is -2.26. The Hall–Kier alpha value is -2.00. The minimum atomic E-state index is -3.66. The molecule has 0 radical (unpaired) electrons. The number of rotatable bonds is 7. The first-order valence-electron chi connectivity index (χ1n) is 9.04. The smallest absolute Gasteiger partial charge is 0.254 e. The molecule has 6 nitrogen and oxygen atoms in total. The number of ether oxygens (including phenoxy) is 1. The highest BCUT2D eigenvalue weighted by atomic mass is 32.2. The van der Waals surface area contributed by atoms with Crippen molar-refractivity contribution in [3.63, 3.8) is 0 Å². The Labute approximate surface area is 170 Å². The molecule has 0 unspecified atom stereocenters. The van der Waals surface area contributed by atoms with E-state index in [1.807, 2.05) is 24.4 Å². The first kappa shape index (κ1) is 20.7. The maximum absolute atomic E-state index is 13.2. The van der Waals surface area contributed by atoms with Gasteiger partial charge in [-0.2, -0.15) is 4.31 Å². The maximum atomic E-state index is 13.2. The van der Waals surface area contributed by atoms with Crippen LogP contribution in [-0.4, -0.2) is 56.4 Å². The summed E-state index contributed by atoms with van der Waals surface area (Å²) in [5, 5.41) is 1.96. The van der Waals surface area contributed by atoms with Crippen LogP contribution >= 0.6 is 11.3 Å². The zero-order valence-electron chi connectivity index (χ0n) is 15.8. The van der Waals surface area contributed by atoms with Crippen molar-refractivity contribution in [2.75, 3.05) is 32.8 Å². The highest BCUT2D eigenvalue weighted by Crippen LogP contribution is 2.23. The van der Waals surface area contributed by atoms with Crippen molar-refractivity contribution < 1.29 is 17.9 Å². The van der Waals surface area contributed by atoms with Gasteiger partial charge >= 0.3 is 0 Å². The monoisotopic (exact) mass is 420 g/mol. The van der Waals surface area contributed by atoms with Crippen molar-refractivity contribution in [2.24, 2.45) is 0 Å². The average Bonchev–Trinajstić information content (AvgIpc) is 3.21. The van der Waals surface area contributed by atoms with Crippen LogP contribution in [0.15, 0.2) is 53.3 Å². The standard InChI is InChI=1S/C20H24N2O4S2/c1-3-8-21(15-17-5-4-13-27-17)20(23)19-14-18(7-6-16(19)2)28(24,25)22-9-11-26-12-10-22/h3-7,13-14H,1,8-12,15H2,2H3. The third-order valence-corrected chi connectivity index (χ3v) is 7.37. The molecule has 3 rings (SSSR count). The van der Waals surface area contributed by atoms with E-state index in [1.165, 1.54) is 10.4 Å². The summed E-state index contributed by atoms with van der Waals surface area (Å²) < 4.78 is 32.6. The molecule has 0 N–H and O–H groups in total. The zero-order valence-corrected chi connectivity index (χ0v) is 17.5. The first-order chi connectivity index (χ1) is 13.4. The van der Waals surface area contributed by atoms with Gasteiger partial charge in [-0.3, -0.25) is 4.79 Å². The van der Waals surface area contributed by atoms with Crippen LogP contribution in [0, 0.1) is 6.92 Å². The number of morpholine rings is 1. The Bertz CT molecular complexity index is 933. The average molecular weight is 421 g/mol. The number of hydrogen-bond acceptors (Lipinski definition) is 5. The molecule has 0 saturated carbocycles. The molecule has 1 fully saturated rings. The molecule has 2 aromatic rings. The summed E-state index contributed by atoms with van der Waals surface area (Å²) in [4.78, 5) is 16.1. The summed E-state index contributed by atoms with van der Waals surface area (Å²) in [6, 6.07) is 8.66. The molecule has 1 saturated heterocycles. The molecule has 28 heavy (non-hydrogen) atoms. The number of benzene rings is 1. The molecule has 1 aliphatic rings. The van der Waals surface area contributed by atoms with Crippen molar-refractivity contribution in [2.45, 2.75) is 18.4 Å². The van der Waals surface area contributed by atoms with Gasteiger partial charge in [0.05, 0.1) is 24.7 Å². The lowest BCUT2D eigenvalue weighted by Crippen LogP contribution is -2.40. The van der Waals surface area contributed by atoms with Crippen molar-refractivity contribution >= 4 is 27.3 Å². The number of sulfonamides is 1. The third kappa shape index (κ3) is 4.52. The van der Waals surface area contributed by atoms with Gasteiger partial charge in [0.25, 0.3) is 5.91 Å². The van der Waals surface area contributed by atoms with Gasteiger partial charge in [-0.05, 0) is 36.1 Å². The third-order valence-electron chi connectivity index (χ3n) is 4.61. The van der Waals surface area contributed by atoms with Gasteiger partial charge in [-0.25, -0.2) is 8.42 Å². The Morgan fingerprint density at radius 3 is 2.71 bits per heavy atom. The van der Waals surface area contributed by atoms with Crippen molar-refractivity contribution in [1.82, 2.24) is 9.21 Å². The molecule has 0 spiro atoms. The minimum absolute atomic E-state index is 0.137. The summed E-state index contributed by atoms with van der Waals surface area (Å²) in [6.45, 7) is 7.80. The van der Waals surface area contributed by atoms with Gasteiger partial charge < -0.3 is 9.64 Å². The van der Waals surface area contributed by atoms with Crippen LogP contribution in [0.25, 0.3) is 0 Å². The van der Waals surface area contributed by atoms with Crippen LogP contribution < -0.4 is 0 Å². The molecule has 1 aliphatic heterocycles. The SMILES string of the molecule is C=CCN(Cc1cccs1)C(=O)c1cc(S(=O)(=O)N2CCOCC2)ccc1C. The number of amides is 1. The summed E-state index contributed by atoms with van der Waals surface area (Å²) in [6.07, 6.45) is 1.68. The van der Waals surface area contributed by atoms with E-state index in [9.17, 15) is 13.2 Å². The largest absolute Gasteiger partial charge is 0.379 e. The number of carbonyl (C=O) groups is 1. The summed E-state index contributed by atoms with van der Waals surface area (Å²) in [5.74, 6) is -0.204. The van der Waals surface area contributed by atoms with Crippen LogP contribution in [0.2, 0.25) is 0 Å². The fourth-order valence-electron chi connectivity index (χ4n) is 3.06. The molecule has 1 aromatic heterocycles. The predicted molar refractivity (Wildman–Crippen MR) is 110 cm³/mol. The van der Waals surface area contributed by atoms with Crippen molar-refractivity contribution in [1.29, 1.82) is 0 Å². The minimum Gasteiger partial charge on any atom is -0.379 e. The molecule has 0 bridgehead atoms. The highest BCUT2D eigenvalue weighted by molar-refractivity contribution is 7.89. The number of hydrogen-bond donors (Lipinski definition) is 0. The van der Waals surface area contributed by atoms with Gasteiger partial charge in [0.1, 0.15) is 0 Å². The highest BCUT2D eigenvalue weighted by Gasteiger charge is 2.28. The van der Waals surface area contributed by atoms with Crippen LogP contribution in [0.5, 0.6) is 0 Å². The Kier molecular flexibility index (Phi) is 6.66. The Morgan fingerprint density at radius 2 is 2.07 bits per heavy atom. The molecule has 150 valence electrons. The Morgan fingerprint density at radius 1 is 1.32 bits per heavy atom. The zero-order chi connectivity index (χ0) is 20.1. The van der Waals surface area contributed by atoms with Crippen LogP contribution in [0.1, 0.15) is 20.8 Å². The molecule has 0 atom stereocenters. The second kappa shape index (κ2) is 9.00. The normalized spacial score (nSPS) is 15.3. The number of carbonyl (C=O) groups excluding carboxylic acids is 1. The van der Waals surface area contributed by atoms with Gasteiger partial charge in [0, 0.05) is 30.1 Å². The van der Waals surface area contributed by atoms with E-state index in [4.69, 9.17) is 4.74 Å². The van der Waals surface area contributed by atoms with E-state index in [0.29, 0.717) is 45.0 Å². The maximum Gasteiger partial charge on any atom is 0.254 e. The second-order valence-corrected chi connectivity index (χ2v) is 9.52. The molecule has 0 aliphatic carbocycles. The van der Waals surface area contributed by atoms with E-state index in [0.717, 1.165) is 10.4 Å². The number of nitrogens with zero attached hydrogens (tertiary/aromatic N) is 2. The van der Waals surface area contributed by atoms with Gasteiger partial charge in [-0.15, -0.1) is 17.9 Å². The molecular weight excluding hydrogens is 396 g/mol. The summed E-state index contributed by atoms with van der Waals surface area (Å²) >= 11 is 1.58. The molecule has 1 aromatic carbocycles. The predicted octanol–water partition coefficient (Wildman–Crippen LogP) is 2.91. The van der Waals surface area contributed by atoms with Crippen LogP contribution in [-0.2, 0) is 21.3 Å². The van der Waals surface area contributed by atoms with E-state index < -0.39 is 10.0 Å². The lowest BCUT2D eigenvalue weighted by molar-refractivity contribution is 0.0729. The topological polar surface area (TPSA) is 66.9 Å². The number of aryl methyl sites for hydroxylation is 1. The van der Waals surface area contributed by atoms with Crippen molar-refractivity contribution in [3.8, 4) is 0 Å². The van der Waals surface area contributed by atoms with E-state index in [-0.39, 0.29) is 10.8 Å². The van der Waals surface area contributed by atoms with Crippen LogP contribution in [0.4, 0.5) is 0 Å². The van der Waals surface area contributed by atoms with E-state index >= 15 is 0 Å². The van der Waals surface area contributed by atoms with Crippen molar-refractivity contribution in [3.05, 3.63) is 64.4 Å². The van der Waals surface area contributed by atoms with Gasteiger partial charge in [-0.1, -0.05) is 18.2 Å². The summed E-state index contributed by atoms with van der Waals surface area (Å²) in [5.41, 5.74) is 1.14. The Balaban J connectivity index is 1.91. The fraction of sp³-hybridized carbons (Fsp3) is 0.350. The molecule has 2 heterocycles. The quantitative estimate of drug-likeness (QED) is 0.646. The first-order valence-corrected chi connectivity index (χ1v) is 11.4. The van der Waals surface area contributed by atoms with E-state index in [1.54, 1.807) is 34.4 Å². The lowest BCUT2D eigenvalue weighted by atomic mass is 10.1. The molecule has 8 heteroatoms. The van der Waals surface area contributed by atoms with Crippen LogP contribution in [0.3, 0.4) is 0 Å². The fourth-order valence-corrected chi connectivity index (χ4v) is 5.22.